The molecule has 1 aromatic carbocycles. The highest BCUT2D eigenvalue weighted by atomic mass is 14.9. The standard InChI is InChI=1S/C13H19N/c1-3-10(2)14-13-9-8-11-6-4-5-7-12(11)13/h4-7,10,13-14H,3,8-9H2,1-2H3/t10-,13-/m1/s1. The van der Waals surface area contributed by atoms with E-state index in [1.807, 2.05) is 0 Å². The molecule has 76 valence electrons. The van der Waals surface area contributed by atoms with Crippen LogP contribution in [0.25, 0.3) is 0 Å². The van der Waals surface area contributed by atoms with E-state index < -0.39 is 0 Å². The second-order valence-electron chi connectivity index (χ2n) is 4.27. The molecule has 1 aliphatic rings. The van der Waals surface area contributed by atoms with Crippen LogP contribution in [0.2, 0.25) is 0 Å². The monoisotopic (exact) mass is 189 g/mol. The molecule has 1 nitrogen and oxygen atoms in total. The minimum atomic E-state index is 0.598. The number of hydrogen-bond donors (Lipinski definition) is 1. The Bertz CT molecular complexity index is 306. The molecule has 0 saturated carbocycles. The van der Waals surface area contributed by atoms with Gasteiger partial charge in [0.05, 0.1) is 0 Å². The lowest BCUT2D eigenvalue weighted by Crippen LogP contribution is -2.28. The lowest BCUT2D eigenvalue weighted by atomic mass is 10.1. The van der Waals surface area contributed by atoms with Gasteiger partial charge >= 0.3 is 0 Å². The fourth-order valence-corrected chi connectivity index (χ4v) is 2.19. The summed E-state index contributed by atoms with van der Waals surface area (Å²) in [6, 6.07) is 10.0. The summed E-state index contributed by atoms with van der Waals surface area (Å²) in [6.45, 7) is 4.50. The van der Waals surface area contributed by atoms with Crippen molar-refractivity contribution in [3.8, 4) is 0 Å². The molecular formula is C13H19N. The van der Waals surface area contributed by atoms with Crippen LogP contribution in [0.1, 0.15) is 43.9 Å². The van der Waals surface area contributed by atoms with E-state index in [0.29, 0.717) is 12.1 Å². The Hall–Kier alpha value is -0.820. The van der Waals surface area contributed by atoms with Crippen molar-refractivity contribution in [1.82, 2.24) is 5.32 Å². The smallest absolute Gasteiger partial charge is 0.0328 e. The number of hydrogen-bond acceptors (Lipinski definition) is 1. The van der Waals surface area contributed by atoms with Crippen molar-refractivity contribution in [2.45, 2.75) is 45.2 Å². The van der Waals surface area contributed by atoms with E-state index in [2.05, 4.69) is 43.4 Å². The highest BCUT2D eigenvalue weighted by molar-refractivity contribution is 5.34. The Morgan fingerprint density at radius 1 is 1.43 bits per heavy atom. The van der Waals surface area contributed by atoms with Crippen molar-refractivity contribution < 1.29 is 0 Å². The van der Waals surface area contributed by atoms with E-state index in [0.717, 1.165) is 0 Å². The first-order valence-corrected chi connectivity index (χ1v) is 5.65. The van der Waals surface area contributed by atoms with Crippen LogP contribution in [-0.2, 0) is 6.42 Å². The average Bonchev–Trinajstić information content (AvgIpc) is 2.62. The lowest BCUT2D eigenvalue weighted by molar-refractivity contribution is 0.445. The van der Waals surface area contributed by atoms with Gasteiger partial charge in [0.1, 0.15) is 0 Å². The van der Waals surface area contributed by atoms with E-state index in [9.17, 15) is 0 Å². The summed E-state index contributed by atoms with van der Waals surface area (Å²) < 4.78 is 0. The second-order valence-corrected chi connectivity index (χ2v) is 4.27. The Morgan fingerprint density at radius 3 is 3.00 bits per heavy atom. The van der Waals surface area contributed by atoms with Crippen molar-refractivity contribution in [3.05, 3.63) is 35.4 Å². The zero-order chi connectivity index (χ0) is 9.97. The van der Waals surface area contributed by atoms with Gasteiger partial charge in [0, 0.05) is 12.1 Å². The summed E-state index contributed by atoms with van der Waals surface area (Å²) in [6.07, 6.45) is 3.71. The van der Waals surface area contributed by atoms with Gasteiger partial charge in [0.25, 0.3) is 0 Å². The molecule has 14 heavy (non-hydrogen) atoms. The van der Waals surface area contributed by atoms with Crippen molar-refractivity contribution >= 4 is 0 Å². The van der Waals surface area contributed by atoms with Crippen LogP contribution in [0.5, 0.6) is 0 Å². The fraction of sp³-hybridized carbons (Fsp3) is 0.538. The number of rotatable bonds is 3. The minimum absolute atomic E-state index is 0.598. The molecule has 0 spiro atoms. The molecule has 0 bridgehead atoms. The lowest BCUT2D eigenvalue weighted by Gasteiger charge is -2.18. The van der Waals surface area contributed by atoms with E-state index in [-0.39, 0.29) is 0 Å². The summed E-state index contributed by atoms with van der Waals surface area (Å²) in [5.74, 6) is 0. The predicted molar refractivity (Wildman–Crippen MR) is 60.4 cm³/mol. The third-order valence-corrected chi connectivity index (χ3v) is 3.23. The normalized spacial score (nSPS) is 22.0. The number of aryl methyl sites for hydroxylation is 1. The van der Waals surface area contributed by atoms with Gasteiger partial charge < -0.3 is 5.32 Å². The summed E-state index contributed by atoms with van der Waals surface area (Å²) in [5, 5.41) is 3.68. The zero-order valence-corrected chi connectivity index (χ0v) is 9.09. The van der Waals surface area contributed by atoms with Gasteiger partial charge in [0.2, 0.25) is 0 Å². The van der Waals surface area contributed by atoms with Gasteiger partial charge in [0.15, 0.2) is 0 Å². The van der Waals surface area contributed by atoms with Crippen molar-refractivity contribution in [2.75, 3.05) is 0 Å². The van der Waals surface area contributed by atoms with Gasteiger partial charge in [-0.05, 0) is 37.3 Å². The molecule has 0 aliphatic heterocycles. The average molecular weight is 189 g/mol. The molecule has 0 amide bonds. The van der Waals surface area contributed by atoms with Crippen LogP contribution in [0.3, 0.4) is 0 Å². The van der Waals surface area contributed by atoms with E-state index >= 15 is 0 Å². The van der Waals surface area contributed by atoms with Gasteiger partial charge in [-0.25, -0.2) is 0 Å². The maximum atomic E-state index is 3.68. The SMILES string of the molecule is CC[C@@H](C)N[C@@H]1CCc2ccccc21. The largest absolute Gasteiger partial charge is 0.307 e. The highest BCUT2D eigenvalue weighted by Gasteiger charge is 2.22. The Balaban J connectivity index is 2.10. The molecule has 2 atom stereocenters. The summed E-state index contributed by atoms with van der Waals surface area (Å²) in [5.41, 5.74) is 3.06. The molecule has 1 heteroatoms. The van der Waals surface area contributed by atoms with Crippen LogP contribution >= 0.6 is 0 Å². The molecule has 0 unspecified atom stereocenters. The maximum Gasteiger partial charge on any atom is 0.0328 e. The number of benzene rings is 1. The first-order valence-electron chi connectivity index (χ1n) is 5.65. The fourth-order valence-electron chi connectivity index (χ4n) is 2.19. The van der Waals surface area contributed by atoms with Gasteiger partial charge in [-0.1, -0.05) is 31.2 Å². The van der Waals surface area contributed by atoms with Gasteiger partial charge in [-0.3, -0.25) is 0 Å². The van der Waals surface area contributed by atoms with E-state index in [1.165, 1.54) is 30.4 Å². The number of nitrogens with one attached hydrogen (secondary N) is 1. The quantitative estimate of drug-likeness (QED) is 0.770. The molecule has 1 N–H and O–H groups in total. The predicted octanol–water partition coefficient (Wildman–Crippen LogP) is 3.06. The van der Waals surface area contributed by atoms with Crippen LogP contribution in [0, 0.1) is 0 Å². The molecule has 1 aromatic rings. The molecule has 0 radical (unpaired) electrons. The van der Waals surface area contributed by atoms with Crippen molar-refractivity contribution in [1.29, 1.82) is 0 Å². The van der Waals surface area contributed by atoms with Crippen molar-refractivity contribution in [3.63, 3.8) is 0 Å². The molecule has 0 aromatic heterocycles. The maximum absolute atomic E-state index is 3.68. The van der Waals surface area contributed by atoms with Gasteiger partial charge in [-0.2, -0.15) is 0 Å². The summed E-state index contributed by atoms with van der Waals surface area (Å²) in [4.78, 5) is 0. The summed E-state index contributed by atoms with van der Waals surface area (Å²) >= 11 is 0. The Morgan fingerprint density at radius 2 is 2.21 bits per heavy atom. The molecule has 1 aliphatic carbocycles. The first kappa shape index (κ1) is 9.72. The third-order valence-electron chi connectivity index (χ3n) is 3.23. The Kier molecular flexibility index (Phi) is 2.87. The third kappa shape index (κ3) is 1.83. The molecule has 0 heterocycles. The van der Waals surface area contributed by atoms with Crippen LogP contribution in [0.15, 0.2) is 24.3 Å². The topological polar surface area (TPSA) is 12.0 Å². The number of fused-ring (bicyclic) bond motifs is 1. The Labute approximate surface area is 86.5 Å². The first-order chi connectivity index (χ1) is 6.81. The van der Waals surface area contributed by atoms with Crippen molar-refractivity contribution in [2.24, 2.45) is 0 Å². The molecule has 0 saturated heterocycles. The zero-order valence-electron chi connectivity index (χ0n) is 9.09. The van der Waals surface area contributed by atoms with Crippen LogP contribution in [0.4, 0.5) is 0 Å². The van der Waals surface area contributed by atoms with E-state index in [4.69, 9.17) is 0 Å². The van der Waals surface area contributed by atoms with Gasteiger partial charge in [-0.15, -0.1) is 0 Å². The second kappa shape index (κ2) is 4.14. The molecule has 2 rings (SSSR count). The molecule has 0 fully saturated rings. The molecular weight excluding hydrogens is 170 g/mol. The van der Waals surface area contributed by atoms with Crippen LogP contribution < -0.4 is 5.32 Å². The minimum Gasteiger partial charge on any atom is -0.307 e. The summed E-state index contributed by atoms with van der Waals surface area (Å²) in [7, 11) is 0. The van der Waals surface area contributed by atoms with Crippen LogP contribution in [-0.4, -0.2) is 6.04 Å². The highest BCUT2D eigenvalue weighted by Crippen LogP contribution is 2.31. The van der Waals surface area contributed by atoms with E-state index in [1.54, 1.807) is 0 Å².